The molecule has 1 aromatic heterocycles. The number of carbonyl (C=O) groups is 1. The molecule has 0 unspecified atom stereocenters. The van der Waals surface area contributed by atoms with Gasteiger partial charge in [0.25, 0.3) is 5.91 Å². The van der Waals surface area contributed by atoms with Gasteiger partial charge in [-0.2, -0.15) is 4.31 Å². The lowest BCUT2D eigenvalue weighted by atomic mass is 10.1. The number of benzene rings is 2. The Hall–Kier alpha value is -3.14. The van der Waals surface area contributed by atoms with Crippen LogP contribution in [-0.4, -0.2) is 50.8 Å². The van der Waals surface area contributed by atoms with Crippen LogP contribution in [0.25, 0.3) is 0 Å². The van der Waals surface area contributed by atoms with Gasteiger partial charge >= 0.3 is 0 Å². The third-order valence-electron chi connectivity index (χ3n) is 6.46. The molecule has 8 nitrogen and oxygen atoms in total. The third kappa shape index (κ3) is 5.80. The largest absolute Gasteiger partial charge is 0.497 e. The zero-order chi connectivity index (χ0) is 25.9. The topological polar surface area (TPSA) is 92.1 Å². The Morgan fingerprint density at radius 1 is 1.08 bits per heavy atom. The van der Waals surface area contributed by atoms with Crippen molar-refractivity contribution in [2.24, 2.45) is 0 Å². The minimum atomic E-state index is -3.78. The molecular weight excluding hydrogens is 478 g/mol. The summed E-state index contributed by atoms with van der Waals surface area (Å²) in [5.41, 5.74) is 3.83. The first-order valence-corrected chi connectivity index (χ1v) is 13.4. The maximum absolute atomic E-state index is 13.2. The van der Waals surface area contributed by atoms with Crippen molar-refractivity contribution in [2.45, 2.75) is 44.8 Å². The number of rotatable bonds is 10. The molecule has 1 fully saturated rings. The van der Waals surface area contributed by atoms with E-state index in [-0.39, 0.29) is 17.3 Å². The molecule has 1 amide bonds. The average molecular weight is 512 g/mol. The van der Waals surface area contributed by atoms with Crippen molar-refractivity contribution in [3.8, 4) is 5.75 Å². The van der Waals surface area contributed by atoms with E-state index in [4.69, 9.17) is 9.15 Å². The van der Waals surface area contributed by atoms with Crippen molar-refractivity contribution in [1.29, 1.82) is 0 Å². The van der Waals surface area contributed by atoms with E-state index in [0.717, 1.165) is 25.2 Å². The number of nitrogens with zero attached hydrogens (tertiary/aromatic N) is 2. The molecule has 0 aliphatic carbocycles. The van der Waals surface area contributed by atoms with Gasteiger partial charge in [-0.3, -0.25) is 9.69 Å². The molecule has 3 aromatic rings. The van der Waals surface area contributed by atoms with Crippen LogP contribution in [0.2, 0.25) is 0 Å². The monoisotopic (exact) mass is 511 g/mol. The number of furan rings is 1. The van der Waals surface area contributed by atoms with Gasteiger partial charge in [0.05, 0.1) is 24.1 Å². The number of hydrogen-bond acceptors (Lipinski definition) is 6. The summed E-state index contributed by atoms with van der Waals surface area (Å²) in [6.07, 6.45) is 2.62. The summed E-state index contributed by atoms with van der Waals surface area (Å²) >= 11 is 0. The zero-order valence-corrected chi connectivity index (χ0v) is 22.0. The highest BCUT2D eigenvalue weighted by atomic mass is 32.2. The van der Waals surface area contributed by atoms with Gasteiger partial charge in [-0.15, -0.1) is 0 Å². The predicted octanol–water partition coefficient (Wildman–Crippen LogP) is 3.86. The van der Waals surface area contributed by atoms with Crippen LogP contribution in [0.15, 0.2) is 58.0 Å². The Morgan fingerprint density at radius 2 is 1.72 bits per heavy atom. The number of likely N-dealkylation sites (tertiary alicyclic amines) is 1. The Morgan fingerprint density at radius 3 is 2.31 bits per heavy atom. The first-order chi connectivity index (χ1) is 17.2. The lowest BCUT2D eigenvalue weighted by Gasteiger charge is -2.30. The van der Waals surface area contributed by atoms with Crippen LogP contribution in [0.1, 0.15) is 44.8 Å². The number of sulfonamides is 1. The number of amides is 1. The summed E-state index contributed by atoms with van der Waals surface area (Å²) in [7, 11) is -0.738. The molecule has 1 saturated heterocycles. The van der Waals surface area contributed by atoms with Crippen molar-refractivity contribution < 1.29 is 22.4 Å². The minimum Gasteiger partial charge on any atom is -0.497 e. The van der Waals surface area contributed by atoms with Crippen molar-refractivity contribution in [3.05, 3.63) is 82.3 Å². The summed E-state index contributed by atoms with van der Waals surface area (Å²) in [5, 5.41) is 2.89. The average Bonchev–Trinajstić information content (AvgIpc) is 3.28. The fraction of sp³-hybridized carbons (Fsp3) is 0.370. The van der Waals surface area contributed by atoms with Crippen LogP contribution in [-0.2, 0) is 29.7 Å². The van der Waals surface area contributed by atoms with E-state index in [1.165, 1.54) is 29.6 Å². The van der Waals surface area contributed by atoms with E-state index in [2.05, 4.69) is 22.3 Å². The maximum Gasteiger partial charge on any atom is 0.254 e. The van der Waals surface area contributed by atoms with E-state index in [1.807, 2.05) is 12.1 Å². The third-order valence-corrected chi connectivity index (χ3v) is 8.57. The molecule has 192 valence electrons. The molecular formula is C27H33N3O5S. The molecule has 2 heterocycles. The van der Waals surface area contributed by atoms with Crippen molar-refractivity contribution >= 4 is 15.9 Å². The molecule has 1 N–H and O–H groups in total. The number of nitrogens with one attached hydrogen (secondary N) is 1. The fourth-order valence-electron chi connectivity index (χ4n) is 4.32. The molecule has 9 heteroatoms. The number of methoxy groups -OCH3 is 1. The molecule has 0 spiro atoms. The van der Waals surface area contributed by atoms with Gasteiger partial charge in [0.2, 0.25) is 10.0 Å². The smallest absolute Gasteiger partial charge is 0.254 e. The van der Waals surface area contributed by atoms with Crippen LogP contribution < -0.4 is 10.1 Å². The lowest BCUT2D eigenvalue weighted by Crippen LogP contribution is -2.36. The van der Waals surface area contributed by atoms with E-state index in [1.54, 1.807) is 39.2 Å². The highest BCUT2D eigenvalue weighted by Gasteiger charge is 2.26. The highest BCUT2D eigenvalue weighted by molar-refractivity contribution is 7.89. The van der Waals surface area contributed by atoms with Gasteiger partial charge in [-0.1, -0.05) is 24.3 Å². The summed E-state index contributed by atoms with van der Waals surface area (Å²) < 4.78 is 38.5. The molecule has 0 bridgehead atoms. The summed E-state index contributed by atoms with van der Waals surface area (Å²) in [6, 6.07) is 13.2. The van der Waals surface area contributed by atoms with Gasteiger partial charge < -0.3 is 14.5 Å². The van der Waals surface area contributed by atoms with Gasteiger partial charge in [-0.05, 0) is 73.8 Å². The van der Waals surface area contributed by atoms with Gasteiger partial charge in [0.1, 0.15) is 17.8 Å². The van der Waals surface area contributed by atoms with Crippen LogP contribution in [0, 0.1) is 13.8 Å². The first kappa shape index (κ1) is 25.9. The van der Waals surface area contributed by atoms with Gasteiger partial charge in [0.15, 0.2) is 0 Å². The molecule has 0 atom stereocenters. The van der Waals surface area contributed by atoms with Crippen molar-refractivity contribution in [3.63, 3.8) is 0 Å². The minimum absolute atomic E-state index is 0.000990. The zero-order valence-electron chi connectivity index (χ0n) is 21.2. The molecule has 0 radical (unpaired) electrons. The van der Waals surface area contributed by atoms with Crippen LogP contribution in [0.4, 0.5) is 0 Å². The van der Waals surface area contributed by atoms with Gasteiger partial charge in [0, 0.05) is 20.1 Å². The number of hydrogen-bond donors (Lipinski definition) is 1. The molecule has 0 saturated carbocycles. The van der Waals surface area contributed by atoms with E-state index >= 15 is 0 Å². The maximum atomic E-state index is 13.2. The van der Waals surface area contributed by atoms with Crippen LogP contribution in [0.5, 0.6) is 5.75 Å². The van der Waals surface area contributed by atoms with Gasteiger partial charge in [-0.25, -0.2) is 8.42 Å². The second-order valence-corrected chi connectivity index (χ2v) is 11.3. The number of carbonyl (C=O) groups excluding carboxylic acids is 1. The standard InChI is InChI=1S/C27H33N3O5S/c1-19-12-24(34-4)13-20(2)26(19)36(32,33)29(3)17-25-14-23(18-35-25)27(31)28-15-21-6-8-22(9-7-21)16-30-10-5-11-30/h6-9,12-14,18H,5,10-11,15-17H2,1-4H3,(H,28,31). The Balaban J connectivity index is 1.35. The SMILES string of the molecule is COc1cc(C)c(S(=O)(=O)N(C)Cc2cc(C(=O)NCc3ccc(CN4CCC4)cc3)co2)c(C)c1. The normalized spacial score (nSPS) is 14.0. The fourth-order valence-corrected chi connectivity index (χ4v) is 5.86. The Kier molecular flexibility index (Phi) is 7.82. The van der Waals surface area contributed by atoms with Crippen molar-refractivity contribution in [1.82, 2.24) is 14.5 Å². The molecule has 36 heavy (non-hydrogen) atoms. The van der Waals surface area contributed by atoms with E-state index in [0.29, 0.717) is 34.7 Å². The van der Waals surface area contributed by atoms with E-state index in [9.17, 15) is 13.2 Å². The van der Waals surface area contributed by atoms with Crippen molar-refractivity contribution in [2.75, 3.05) is 27.2 Å². The summed E-state index contributed by atoms with van der Waals surface area (Å²) in [6.45, 7) is 7.16. The summed E-state index contributed by atoms with van der Waals surface area (Å²) in [5.74, 6) is 0.711. The Labute approximate surface area is 212 Å². The first-order valence-electron chi connectivity index (χ1n) is 11.9. The molecule has 2 aromatic carbocycles. The lowest BCUT2D eigenvalue weighted by molar-refractivity contribution is 0.0950. The second-order valence-electron chi connectivity index (χ2n) is 9.28. The second kappa shape index (κ2) is 10.9. The molecule has 1 aliphatic heterocycles. The Bertz CT molecular complexity index is 1300. The van der Waals surface area contributed by atoms with E-state index < -0.39 is 10.0 Å². The van der Waals surface area contributed by atoms with Crippen LogP contribution in [0.3, 0.4) is 0 Å². The highest BCUT2D eigenvalue weighted by Crippen LogP contribution is 2.28. The molecule has 4 rings (SSSR count). The predicted molar refractivity (Wildman–Crippen MR) is 137 cm³/mol. The molecule has 1 aliphatic rings. The van der Waals surface area contributed by atoms with Crippen LogP contribution >= 0.6 is 0 Å². The number of aryl methyl sites for hydroxylation is 2. The quantitative estimate of drug-likeness (QED) is 0.444. The number of ether oxygens (including phenoxy) is 1. The summed E-state index contributed by atoms with van der Waals surface area (Å²) in [4.78, 5) is 15.3.